The number of halogens is 4. The first-order valence-corrected chi connectivity index (χ1v) is 14.9. The van der Waals surface area contributed by atoms with Crippen LogP contribution in [0, 0.1) is 0 Å². The zero-order valence-electron chi connectivity index (χ0n) is 24.0. The Morgan fingerprint density at radius 2 is 1.82 bits per heavy atom. The summed E-state index contributed by atoms with van der Waals surface area (Å²) in [5, 5.41) is 18.2. The van der Waals surface area contributed by atoms with Gasteiger partial charge in [0.15, 0.2) is 5.69 Å². The molecule has 2 fully saturated rings. The molecule has 1 aromatic carbocycles. The van der Waals surface area contributed by atoms with Crippen LogP contribution in [0.1, 0.15) is 44.3 Å². The summed E-state index contributed by atoms with van der Waals surface area (Å²) >= 11 is 6.36. The maximum atomic E-state index is 14.0. The fraction of sp³-hybridized carbons (Fsp3) is 0.500. The standard InChI is InChI=1S/C28H32ClF3N10O2/c1-18(15-41-17-35-38-39-41)44-25-12-19(2-3-23(25)29)20-13-33-27(34-14-20)36-24-16-42(37-26(24)28(30,31)32)22-4-8-40(9-5-22)21-6-10-43-11-7-21/h2-3,12-14,16-18,21-22H,4-11,15H2,1H3,(H,33,34,36). The average molecular weight is 633 g/mol. The molecule has 12 nitrogen and oxygen atoms in total. The van der Waals surface area contributed by atoms with Gasteiger partial charge in [0.1, 0.15) is 18.2 Å². The van der Waals surface area contributed by atoms with Gasteiger partial charge < -0.3 is 19.7 Å². The SMILES string of the molecule is CC(Cn1cnnn1)Oc1cc(-c2cnc(Nc3cn(C4CCN(C5CCOCC5)CC4)nc3C(F)(F)F)nc2)ccc1Cl. The molecule has 2 aliphatic rings. The first-order valence-electron chi connectivity index (χ1n) is 14.5. The summed E-state index contributed by atoms with van der Waals surface area (Å²) in [6.07, 6.45) is 4.47. The Kier molecular flexibility index (Phi) is 8.96. The van der Waals surface area contributed by atoms with Gasteiger partial charge in [-0.25, -0.2) is 14.6 Å². The fourth-order valence-corrected chi connectivity index (χ4v) is 5.82. The van der Waals surface area contributed by atoms with Gasteiger partial charge in [-0.2, -0.15) is 18.3 Å². The van der Waals surface area contributed by atoms with Crippen LogP contribution in [0.3, 0.4) is 0 Å². The smallest absolute Gasteiger partial charge is 0.437 e. The molecular formula is C28H32ClF3N10O2. The fourth-order valence-electron chi connectivity index (χ4n) is 5.66. The summed E-state index contributed by atoms with van der Waals surface area (Å²) in [6, 6.07) is 5.59. The second-order valence-corrected chi connectivity index (χ2v) is 11.4. The third kappa shape index (κ3) is 7.11. The predicted octanol–water partition coefficient (Wildman–Crippen LogP) is 5.03. The number of rotatable bonds is 9. The molecule has 0 spiro atoms. The molecule has 1 unspecified atom stereocenters. The largest absolute Gasteiger partial charge is 0.487 e. The van der Waals surface area contributed by atoms with Crippen LogP contribution in [0.5, 0.6) is 5.75 Å². The monoisotopic (exact) mass is 632 g/mol. The van der Waals surface area contributed by atoms with E-state index >= 15 is 0 Å². The van der Waals surface area contributed by atoms with Gasteiger partial charge in [0, 0.05) is 56.5 Å². The van der Waals surface area contributed by atoms with Crippen molar-refractivity contribution in [2.24, 2.45) is 0 Å². The van der Waals surface area contributed by atoms with Crippen molar-refractivity contribution < 1.29 is 22.6 Å². The van der Waals surface area contributed by atoms with Crippen molar-refractivity contribution in [3.05, 3.63) is 53.8 Å². The molecule has 234 valence electrons. The third-order valence-electron chi connectivity index (χ3n) is 7.91. The summed E-state index contributed by atoms with van der Waals surface area (Å²) in [6.45, 7) is 5.44. The van der Waals surface area contributed by atoms with Gasteiger partial charge in [-0.05, 0) is 60.7 Å². The van der Waals surface area contributed by atoms with Crippen LogP contribution in [0.2, 0.25) is 5.02 Å². The van der Waals surface area contributed by atoms with Crippen molar-refractivity contribution in [1.82, 2.24) is 44.9 Å². The Bertz CT molecular complexity index is 1520. The average Bonchev–Trinajstić information content (AvgIpc) is 3.70. The van der Waals surface area contributed by atoms with Crippen molar-refractivity contribution in [1.29, 1.82) is 0 Å². The lowest BCUT2D eigenvalue weighted by Crippen LogP contribution is -2.44. The second kappa shape index (κ2) is 13.0. The molecule has 44 heavy (non-hydrogen) atoms. The molecule has 3 aromatic heterocycles. The summed E-state index contributed by atoms with van der Waals surface area (Å²) in [5.74, 6) is 0.474. The van der Waals surface area contributed by atoms with E-state index in [2.05, 4.69) is 40.8 Å². The number of piperidine rings is 1. The molecule has 0 amide bonds. The lowest BCUT2D eigenvalue weighted by molar-refractivity contribution is -0.141. The Hall–Kier alpha value is -3.82. The quantitative estimate of drug-likeness (QED) is 0.269. The van der Waals surface area contributed by atoms with Crippen LogP contribution in [0.15, 0.2) is 43.1 Å². The molecule has 1 N–H and O–H groups in total. The van der Waals surface area contributed by atoms with Crippen LogP contribution >= 0.6 is 11.6 Å². The number of alkyl halides is 3. The molecule has 6 rings (SSSR count). The van der Waals surface area contributed by atoms with E-state index in [0.29, 0.717) is 28.9 Å². The number of nitrogens with one attached hydrogen (secondary N) is 1. The Labute approximate surface area is 256 Å². The van der Waals surface area contributed by atoms with E-state index in [1.54, 1.807) is 22.9 Å². The Morgan fingerprint density at radius 3 is 2.50 bits per heavy atom. The highest BCUT2D eigenvalue weighted by molar-refractivity contribution is 6.32. The highest BCUT2D eigenvalue weighted by Gasteiger charge is 2.39. The molecular weight excluding hydrogens is 601 g/mol. The number of likely N-dealkylation sites (tertiary alicyclic amines) is 1. The molecule has 2 aliphatic heterocycles. The molecule has 16 heteroatoms. The van der Waals surface area contributed by atoms with E-state index in [4.69, 9.17) is 21.1 Å². The number of nitrogens with zero attached hydrogens (tertiary/aromatic N) is 9. The number of ether oxygens (including phenoxy) is 2. The molecule has 0 saturated carbocycles. The van der Waals surface area contributed by atoms with Gasteiger partial charge in [-0.1, -0.05) is 17.7 Å². The second-order valence-electron chi connectivity index (χ2n) is 11.0. The first-order chi connectivity index (χ1) is 21.2. The highest BCUT2D eigenvalue weighted by atomic mass is 35.5. The molecule has 0 bridgehead atoms. The molecule has 4 aromatic rings. The van der Waals surface area contributed by atoms with Crippen molar-refractivity contribution in [2.45, 2.75) is 63.5 Å². The van der Waals surface area contributed by atoms with Gasteiger partial charge in [0.25, 0.3) is 0 Å². The summed E-state index contributed by atoms with van der Waals surface area (Å²) in [7, 11) is 0. The third-order valence-corrected chi connectivity index (χ3v) is 8.22. The van der Waals surface area contributed by atoms with Gasteiger partial charge in [-0.15, -0.1) is 5.10 Å². The summed E-state index contributed by atoms with van der Waals surface area (Å²) in [4.78, 5) is 11.0. The minimum atomic E-state index is -4.64. The van der Waals surface area contributed by atoms with Gasteiger partial charge in [-0.3, -0.25) is 4.68 Å². The van der Waals surface area contributed by atoms with E-state index in [1.807, 2.05) is 6.92 Å². The summed E-state index contributed by atoms with van der Waals surface area (Å²) < 4.78 is 56.4. The molecule has 0 aliphatic carbocycles. The normalized spacial score (nSPS) is 17.9. The van der Waals surface area contributed by atoms with Crippen LogP contribution < -0.4 is 10.1 Å². The first kappa shape index (κ1) is 30.2. The zero-order valence-corrected chi connectivity index (χ0v) is 24.7. The van der Waals surface area contributed by atoms with E-state index < -0.39 is 11.9 Å². The number of hydrogen-bond acceptors (Lipinski definition) is 10. The van der Waals surface area contributed by atoms with E-state index in [9.17, 15) is 13.2 Å². The lowest BCUT2D eigenvalue weighted by Gasteiger charge is -2.39. The Balaban J connectivity index is 1.13. The van der Waals surface area contributed by atoms with Gasteiger partial charge in [0.05, 0.1) is 23.3 Å². The lowest BCUT2D eigenvalue weighted by atomic mass is 10.00. The van der Waals surface area contributed by atoms with Crippen LogP contribution in [-0.2, 0) is 17.5 Å². The van der Waals surface area contributed by atoms with Gasteiger partial charge in [0.2, 0.25) is 5.95 Å². The van der Waals surface area contributed by atoms with Crippen molar-refractivity contribution >= 4 is 23.2 Å². The number of anilines is 2. The van der Waals surface area contributed by atoms with Crippen LogP contribution in [0.4, 0.5) is 24.8 Å². The maximum Gasteiger partial charge on any atom is 0.437 e. The topological polar surface area (TPSA) is 121 Å². The number of hydrogen-bond donors (Lipinski definition) is 1. The maximum absolute atomic E-state index is 14.0. The van der Waals surface area contributed by atoms with E-state index in [-0.39, 0.29) is 23.8 Å². The van der Waals surface area contributed by atoms with Crippen molar-refractivity contribution in [2.75, 3.05) is 31.6 Å². The molecule has 5 heterocycles. The van der Waals surface area contributed by atoms with E-state index in [0.717, 1.165) is 57.6 Å². The Morgan fingerprint density at radius 1 is 1.07 bits per heavy atom. The minimum Gasteiger partial charge on any atom is -0.487 e. The molecule has 0 radical (unpaired) electrons. The number of tetrazole rings is 1. The number of benzene rings is 1. The predicted molar refractivity (Wildman–Crippen MR) is 155 cm³/mol. The number of aromatic nitrogens is 8. The zero-order chi connectivity index (χ0) is 30.7. The van der Waals surface area contributed by atoms with Crippen molar-refractivity contribution in [3.63, 3.8) is 0 Å². The van der Waals surface area contributed by atoms with E-state index in [1.165, 1.54) is 29.6 Å². The molecule has 1 atom stereocenters. The molecule has 2 saturated heterocycles. The van der Waals surface area contributed by atoms with Gasteiger partial charge >= 0.3 is 6.18 Å². The van der Waals surface area contributed by atoms with Crippen LogP contribution in [-0.4, -0.2) is 83.3 Å². The highest BCUT2D eigenvalue weighted by Crippen LogP contribution is 2.37. The van der Waals surface area contributed by atoms with Crippen molar-refractivity contribution in [3.8, 4) is 16.9 Å². The van der Waals surface area contributed by atoms with Crippen LogP contribution in [0.25, 0.3) is 11.1 Å². The summed E-state index contributed by atoms with van der Waals surface area (Å²) in [5.41, 5.74) is 0.179. The minimum absolute atomic E-state index is 0.0219.